The van der Waals surface area contributed by atoms with Crippen molar-refractivity contribution in [3.05, 3.63) is 34.9 Å². The van der Waals surface area contributed by atoms with E-state index in [9.17, 15) is 10.0 Å². The molecule has 0 bridgehead atoms. The second-order valence-corrected chi connectivity index (χ2v) is 5.21. The van der Waals surface area contributed by atoms with Gasteiger partial charge in [0.2, 0.25) is 0 Å². The van der Waals surface area contributed by atoms with Gasteiger partial charge in [0.05, 0.1) is 5.56 Å². The highest BCUT2D eigenvalue weighted by molar-refractivity contribution is 5.91. The Morgan fingerprint density at radius 1 is 1.30 bits per heavy atom. The second-order valence-electron chi connectivity index (χ2n) is 5.21. The van der Waals surface area contributed by atoms with Crippen LogP contribution in [-0.2, 0) is 17.6 Å². The summed E-state index contributed by atoms with van der Waals surface area (Å²) in [5.41, 5.74) is 3.00. The van der Waals surface area contributed by atoms with Crippen molar-refractivity contribution in [1.82, 2.24) is 5.06 Å². The lowest BCUT2D eigenvalue weighted by Gasteiger charge is -2.27. The van der Waals surface area contributed by atoms with Gasteiger partial charge in [0.15, 0.2) is 0 Å². The normalized spacial score (nSPS) is 17.1. The molecule has 1 fully saturated rings. The van der Waals surface area contributed by atoms with Crippen molar-refractivity contribution in [2.24, 2.45) is 0 Å². The summed E-state index contributed by atoms with van der Waals surface area (Å²) in [4.78, 5) is 12.3. The number of nitrogens with zero attached hydrogens (tertiary/aromatic N) is 1. The smallest absolute Gasteiger partial charge is 0.338 e. The lowest BCUT2D eigenvalue weighted by molar-refractivity contribution is -0.123. The van der Waals surface area contributed by atoms with Crippen LogP contribution in [0.4, 0.5) is 0 Å². The highest BCUT2D eigenvalue weighted by Crippen LogP contribution is 2.20. The van der Waals surface area contributed by atoms with Crippen molar-refractivity contribution < 1.29 is 14.7 Å². The molecule has 2 rings (SSSR count). The number of hydrogen-bond acceptors (Lipinski definition) is 4. The highest BCUT2D eigenvalue weighted by Gasteiger charge is 2.23. The predicted octanol–water partition coefficient (Wildman–Crippen LogP) is 2.82. The van der Waals surface area contributed by atoms with E-state index in [1.54, 1.807) is 0 Å². The first kappa shape index (κ1) is 15.0. The van der Waals surface area contributed by atoms with Gasteiger partial charge in [-0.2, -0.15) is 5.06 Å². The zero-order chi connectivity index (χ0) is 14.5. The van der Waals surface area contributed by atoms with E-state index in [0.29, 0.717) is 31.5 Å². The molecule has 1 aliphatic heterocycles. The van der Waals surface area contributed by atoms with Crippen molar-refractivity contribution in [3.8, 4) is 0 Å². The van der Waals surface area contributed by atoms with Crippen molar-refractivity contribution in [1.29, 1.82) is 0 Å². The van der Waals surface area contributed by atoms with E-state index in [1.807, 2.05) is 12.1 Å². The number of hydroxylamine groups is 2. The minimum atomic E-state index is -0.228. The molecular formula is C16H23NO3. The van der Waals surface area contributed by atoms with Crippen molar-refractivity contribution in [2.75, 3.05) is 13.1 Å². The molecule has 1 heterocycles. The SMILES string of the molecule is CCc1cccc(C(=O)OC2CCN(O)CC2)c1CC. The fraction of sp³-hybridized carbons (Fsp3) is 0.562. The summed E-state index contributed by atoms with van der Waals surface area (Å²) >= 11 is 0. The lowest BCUT2D eigenvalue weighted by atomic mass is 9.97. The molecule has 0 atom stereocenters. The van der Waals surface area contributed by atoms with Gasteiger partial charge >= 0.3 is 5.97 Å². The molecule has 0 unspecified atom stereocenters. The van der Waals surface area contributed by atoms with Crippen LogP contribution in [0, 0.1) is 0 Å². The number of esters is 1. The summed E-state index contributed by atoms with van der Waals surface area (Å²) in [6.45, 7) is 5.29. The number of rotatable bonds is 4. The Bertz CT molecular complexity index is 465. The summed E-state index contributed by atoms with van der Waals surface area (Å²) in [6, 6.07) is 5.84. The molecule has 4 nitrogen and oxygen atoms in total. The van der Waals surface area contributed by atoms with Gasteiger partial charge in [0.25, 0.3) is 0 Å². The van der Waals surface area contributed by atoms with Crippen LogP contribution >= 0.6 is 0 Å². The van der Waals surface area contributed by atoms with Crippen LogP contribution in [0.5, 0.6) is 0 Å². The Labute approximate surface area is 120 Å². The highest BCUT2D eigenvalue weighted by atomic mass is 16.5. The first-order valence-electron chi connectivity index (χ1n) is 7.41. The van der Waals surface area contributed by atoms with Crippen LogP contribution in [-0.4, -0.2) is 35.4 Å². The van der Waals surface area contributed by atoms with Crippen LogP contribution < -0.4 is 0 Å². The molecule has 0 aliphatic carbocycles. The maximum Gasteiger partial charge on any atom is 0.338 e. The molecule has 1 aromatic rings. The zero-order valence-electron chi connectivity index (χ0n) is 12.3. The van der Waals surface area contributed by atoms with Crippen LogP contribution in [0.25, 0.3) is 0 Å². The molecule has 0 aromatic heterocycles. The molecular weight excluding hydrogens is 254 g/mol. The Kier molecular flexibility index (Phi) is 5.15. The third-order valence-corrected chi connectivity index (χ3v) is 3.92. The number of aryl methyl sites for hydroxylation is 1. The number of hydrogen-bond donors (Lipinski definition) is 1. The van der Waals surface area contributed by atoms with Crippen molar-refractivity contribution in [3.63, 3.8) is 0 Å². The van der Waals surface area contributed by atoms with Crippen LogP contribution in [0.2, 0.25) is 0 Å². The van der Waals surface area contributed by atoms with E-state index >= 15 is 0 Å². The fourth-order valence-electron chi connectivity index (χ4n) is 2.75. The van der Waals surface area contributed by atoms with E-state index < -0.39 is 0 Å². The summed E-state index contributed by atoms with van der Waals surface area (Å²) in [6.07, 6.45) is 3.06. The quantitative estimate of drug-likeness (QED) is 0.860. The van der Waals surface area contributed by atoms with Crippen LogP contribution in [0.3, 0.4) is 0 Å². The van der Waals surface area contributed by atoms with Crippen LogP contribution in [0.1, 0.15) is 48.2 Å². The first-order valence-corrected chi connectivity index (χ1v) is 7.41. The predicted molar refractivity (Wildman–Crippen MR) is 77.0 cm³/mol. The zero-order valence-corrected chi connectivity index (χ0v) is 12.3. The minimum Gasteiger partial charge on any atom is -0.459 e. The Hall–Kier alpha value is -1.39. The Morgan fingerprint density at radius 3 is 2.60 bits per heavy atom. The third-order valence-electron chi connectivity index (χ3n) is 3.92. The van der Waals surface area contributed by atoms with Crippen molar-refractivity contribution >= 4 is 5.97 Å². The molecule has 4 heteroatoms. The molecule has 1 saturated heterocycles. The average molecular weight is 277 g/mol. The van der Waals surface area contributed by atoms with Gasteiger partial charge in [0, 0.05) is 13.1 Å². The van der Waals surface area contributed by atoms with E-state index in [4.69, 9.17) is 4.74 Å². The minimum absolute atomic E-state index is 0.0825. The third kappa shape index (κ3) is 3.38. The molecule has 20 heavy (non-hydrogen) atoms. The van der Waals surface area contributed by atoms with Gasteiger partial charge in [-0.3, -0.25) is 0 Å². The van der Waals surface area contributed by atoms with Gasteiger partial charge in [0.1, 0.15) is 6.10 Å². The molecule has 1 aliphatic rings. The summed E-state index contributed by atoms with van der Waals surface area (Å²) in [7, 11) is 0. The van der Waals surface area contributed by atoms with E-state index in [-0.39, 0.29) is 12.1 Å². The number of ether oxygens (including phenoxy) is 1. The molecule has 0 spiro atoms. The maximum atomic E-state index is 12.3. The molecule has 1 N–H and O–H groups in total. The monoisotopic (exact) mass is 277 g/mol. The van der Waals surface area contributed by atoms with Crippen LogP contribution in [0.15, 0.2) is 18.2 Å². The van der Waals surface area contributed by atoms with Gasteiger partial charge in [-0.1, -0.05) is 26.0 Å². The van der Waals surface area contributed by atoms with Crippen molar-refractivity contribution in [2.45, 2.75) is 45.6 Å². The van der Waals surface area contributed by atoms with Gasteiger partial charge in [-0.25, -0.2) is 4.79 Å². The van der Waals surface area contributed by atoms with Gasteiger partial charge in [-0.15, -0.1) is 0 Å². The molecule has 0 amide bonds. The maximum absolute atomic E-state index is 12.3. The number of carbonyl (C=O) groups is 1. The first-order chi connectivity index (χ1) is 9.65. The number of benzene rings is 1. The molecule has 0 radical (unpaired) electrons. The molecule has 110 valence electrons. The summed E-state index contributed by atoms with van der Waals surface area (Å²) < 4.78 is 5.59. The Morgan fingerprint density at radius 2 is 2.00 bits per heavy atom. The lowest BCUT2D eigenvalue weighted by Crippen LogP contribution is -2.35. The van der Waals surface area contributed by atoms with E-state index in [2.05, 4.69) is 19.9 Å². The number of piperidine rings is 1. The van der Waals surface area contributed by atoms with Gasteiger partial charge in [-0.05, 0) is 42.9 Å². The largest absolute Gasteiger partial charge is 0.459 e. The second kappa shape index (κ2) is 6.86. The van der Waals surface area contributed by atoms with Gasteiger partial charge < -0.3 is 9.94 Å². The summed E-state index contributed by atoms with van der Waals surface area (Å²) in [5, 5.41) is 10.6. The average Bonchev–Trinajstić information content (AvgIpc) is 2.48. The van der Waals surface area contributed by atoms with E-state index in [1.165, 1.54) is 10.6 Å². The van der Waals surface area contributed by atoms with E-state index in [0.717, 1.165) is 18.4 Å². The topological polar surface area (TPSA) is 49.8 Å². The summed E-state index contributed by atoms with van der Waals surface area (Å²) in [5.74, 6) is -0.228. The Balaban J connectivity index is 2.09. The number of carbonyl (C=O) groups excluding carboxylic acids is 1. The standard InChI is InChI=1S/C16H23NO3/c1-3-12-6-5-7-15(14(12)4-2)16(18)20-13-8-10-17(19)11-9-13/h5-7,13,19H,3-4,8-11H2,1-2H3. The fourth-order valence-corrected chi connectivity index (χ4v) is 2.75. The molecule has 1 aromatic carbocycles. The molecule has 0 saturated carbocycles.